The molecule has 0 aliphatic heterocycles. The molecule has 0 amide bonds. The molecule has 0 N–H and O–H groups in total. The maximum Gasteiger partial charge on any atom is 0.0713 e. The Morgan fingerprint density at radius 1 is 0.333 bits per heavy atom. The highest BCUT2D eigenvalue weighted by atomic mass is 15.0. The van der Waals surface area contributed by atoms with E-state index in [0.29, 0.717) is 0 Å². The van der Waals surface area contributed by atoms with E-state index in [1.54, 1.807) is 0 Å². The van der Waals surface area contributed by atoms with Crippen LogP contribution in [0.3, 0.4) is 0 Å². The quantitative estimate of drug-likeness (QED) is 0.141. The number of hydrogen-bond acceptors (Lipinski definition) is 0. The number of hydrogen-bond donors (Lipinski definition) is 0. The van der Waals surface area contributed by atoms with E-state index in [-0.39, 0.29) is 11.3 Å². The van der Waals surface area contributed by atoms with Crippen molar-refractivity contribution in [1.29, 1.82) is 0 Å². The molecule has 13 rings (SSSR count). The van der Waals surface area contributed by atoms with Gasteiger partial charge in [0.1, 0.15) is 0 Å². The predicted molar refractivity (Wildman–Crippen MR) is 275 cm³/mol. The van der Waals surface area contributed by atoms with Crippen LogP contribution in [0.4, 0.5) is 0 Å². The number of fused-ring (bicyclic) bond motifs is 9. The molecular weight excluding hydrogens is 795 g/mol. The molecule has 11 aromatic rings. The Kier molecular flexibility index (Phi) is 8.61. The summed E-state index contributed by atoms with van der Waals surface area (Å²) in [7, 11) is 0. The predicted octanol–water partition coefficient (Wildman–Crippen LogP) is 16.3. The van der Waals surface area contributed by atoms with Crippen LogP contribution in [0.2, 0.25) is 0 Å². The van der Waals surface area contributed by atoms with Crippen LogP contribution < -0.4 is 0 Å². The zero-order valence-corrected chi connectivity index (χ0v) is 37.1. The summed E-state index contributed by atoms with van der Waals surface area (Å²) in [5.74, 6) is -0.0200. The number of aromatic nitrogens is 1. The van der Waals surface area contributed by atoms with Crippen LogP contribution in [0, 0.1) is 0 Å². The van der Waals surface area contributed by atoms with Crippen molar-refractivity contribution in [2.75, 3.05) is 0 Å². The molecule has 0 fully saturated rings. The minimum absolute atomic E-state index is 0.0200. The average molecular weight is 842 g/mol. The molecule has 1 aromatic heterocycles. The van der Waals surface area contributed by atoms with E-state index >= 15 is 0 Å². The number of benzene rings is 10. The minimum Gasteiger partial charge on any atom is -0.309 e. The lowest BCUT2D eigenvalue weighted by atomic mass is 9.67. The SMILES string of the molecule is CC1(C)c2ccccc2-c2ccc(C(c3ccc(-c4ccc5c(c4)c4ccccc4n5-c4ccccc4)cc3)c3ccc4c(c3)C(c3ccccc3)(c3ccccc3)c3ccccc3-4)cc21. The standard InChI is InChI=1S/C65H47N/c1-64(2)57-27-15-12-24-51(57)53-37-34-46(41-59(53)64)63(44-32-30-43(31-33-44)45-36-39-62-56(40-45)55-26-14-17-29-61(55)66(62)50-22-10-5-11-23-50)47-35-38-54-52-25-13-16-28-58(52)65(60(54)42-47,48-18-6-3-7-19-48)49-20-8-4-9-21-49/h3-42,63H,1-2H3. The Labute approximate surface area is 386 Å². The highest BCUT2D eigenvalue weighted by Gasteiger charge is 2.46. The van der Waals surface area contributed by atoms with Crippen molar-refractivity contribution in [2.24, 2.45) is 0 Å². The van der Waals surface area contributed by atoms with Crippen molar-refractivity contribution < 1.29 is 0 Å². The second-order valence-corrected chi connectivity index (χ2v) is 18.8. The molecule has 1 heterocycles. The molecule has 312 valence electrons. The van der Waals surface area contributed by atoms with Gasteiger partial charge in [-0.05, 0) is 114 Å². The van der Waals surface area contributed by atoms with Gasteiger partial charge in [0, 0.05) is 27.8 Å². The maximum absolute atomic E-state index is 2.55. The second kappa shape index (κ2) is 14.8. The molecule has 2 aliphatic carbocycles. The van der Waals surface area contributed by atoms with Gasteiger partial charge >= 0.3 is 0 Å². The molecule has 1 heteroatoms. The zero-order chi connectivity index (χ0) is 44.0. The number of nitrogens with zero attached hydrogens (tertiary/aromatic N) is 1. The molecule has 10 aromatic carbocycles. The van der Waals surface area contributed by atoms with E-state index in [4.69, 9.17) is 0 Å². The first-order chi connectivity index (χ1) is 32.5. The van der Waals surface area contributed by atoms with Gasteiger partial charge in [-0.25, -0.2) is 0 Å². The molecule has 0 spiro atoms. The van der Waals surface area contributed by atoms with Gasteiger partial charge < -0.3 is 4.57 Å². The smallest absolute Gasteiger partial charge is 0.0713 e. The van der Waals surface area contributed by atoms with Crippen molar-refractivity contribution >= 4 is 21.8 Å². The largest absolute Gasteiger partial charge is 0.309 e. The van der Waals surface area contributed by atoms with Crippen LogP contribution >= 0.6 is 0 Å². The van der Waals surface area contributed by atoms with E-state index in [9.17, 15) is 0 Å². The van der Waals surface area contributed by atoms with Crippen molar-refractivity contribution in [2.45, 2.75) is 30.6 Å². The van der Waals surface area contributed by atoms with E-state index in [0.717, 1.165) is 0 Å². The monoisotopic (exact) mass is 841 g/mol. The number of para-hydroxylation sites is 2. The lowest BCUT2D eigenvalue weighted by Crippen LogP contribution is -2.28. The summed E-state index contributed by atoms with van der Waals surface area (Å²) in [6.45, 7) is 4.78. The summed E-state index contributed by atoms with van der Waals surface area (Å²) < 4.78 is 2.39. The van der Waals surface area contributed by atoms with Gasteiger partial charge in [-0.2, -0.15) is 0 Å². The Morgan fingerprint density at radius 2 is 0.818 bits per heavy atom. The molecule has 0 saturated carbocycles. The van der Waals surface area contributed by atoms with Crippen LogP contribution in [0.15, 0.2) is 243 Å². The summed E-state index contributed by atoms with van der Waals surface area (Å²) in [5.41, 5.74) is 22.6. The highest BCUT2D eigenvalue weighted by Crippen LogP contribution is 2.57. The van der Waals surface area contributed by atoms with Crippen molar-refractivity contribution in [3.63, 3.8) is 0 Å². The van der Waals surface area contributed by atoms with Gasteiger partial charge in [0.2, 0.25) is 0 Å². The van der Waals surface area contributed by atoms with E-state index in [2.05, 4.69) is 261 Å². The summed E-state index contributed by atoms with van der Waals surface area (Å²) in [6, 6.07) is 90.9. The fourth-order valence-electron chi connectivity index (χ4n) is 12.0. The Balaban J connectivity index is 0.994. The third kappa shape index (κ3) is 5.60. The van der Waals surface area contributed by atoms with Gasteiger partial charge in [-0.15, -0.1) is 0 Å². The second-order valence-electron chi connectivity index (χ2n) is 18.8. The zero-order valence-electron chi connectivity index (χ0n) is 37.1. The molecule has 1 atom stereocenters. The number of rotatable bonds is 7. The van der Waals surface area contributed by atoms with Crippen molar-refractivity contribution in [3.8, 4) is 39.1 Å². The Morgan fingerprint density at radius 3 is 1.50 bits per heavy atom. The van der Waals surface area contributed by atoms with Gasteiger partial charge in [0.15, 0.2) is 0 Å². The topological polar surface area (TPSA) is 4.93 Å². The Hall–Kier alpha value is -8.00. The molecule has 1 unspecified atom stereocenters. The van der Waals surface area contributed by atoms with E-state index in [1.165, 1.54) is 111 Å². The normalized spacial score (nSPS) is 14.4. The molecule has 1 nitrogen and oxygen atoms in total. The molecule has 0 radical (unpaired) electrons. The lowest BCUT2D eigenvalue weighted by Gasteiger charge is -2.34. The molecule has 0 bridgehead atoms. The average Bonchev–Trinajstić information content (AvgIpc) is 3.95. The fourth-order valence-corrected chi connectivity index (χ4v) is 12.0. The van der Waals surface area contributed by atoms with E-state index in [1.807, 2.05) is 0 Å². The first-order valence-electron chi connectivity index (χ1n) is 23.3. The first kappa shape index (κ1) is 38.5. The molecule has 2 aliphatic rings. The van der Waals surface area contributed by atoms with Gasteiger partial charge in [-0.3, -0.25) is 0 Å². The lowest BCUT2D eigenvalue weighted by molar-refractivity contribution is 0.659. The summed E-state index contributed by atoms with van der Waals surface area (Å²) >= 11 is 0. The minimum atomic E-state index is -0.483. The van der Waals surface area contributed by atoms with Crippen LogP contribution in [0.5, 0.6) is 0 Å². The summed E-state index contributed by atoms with van der Waals surface area (Å²) in [5, 5.41) is 2.52. The van der Waals surface area contributed by atoms with Gasteiger partial charge in [0.05, 0.1) is 16.4 Å². The van der Waals surface area contributed by atoms with Crippen LogP contribution in [-0.4, -0.2) is 4.57 Å². The molecule has 0 saturated heterocycles. The summed E-state index contributed by atoms with van der Waals surface area (Å²) in [4.78, 5) is 0. The third-order valence-electron chi connectivity index (χ3n) is 15.0. The first-order valence-corrected chi connectivity index (χ1v) is 23.3. The van der Waals surface area contributed by atoms with Gasteiger partial charge in [0.25, 0.3) is 0 Å². The Bertz CT molecular complexity index is 3610. The summed E-state index contributed by atoms with van der Waals surface area (Å²) in [6.07, 6.45) is 0. The van der Waals surface area contributed by atoms with Crippen LogP contribution in [-0.2, 0) is 10.8 Å². The fraction of sp³-hybridized carbons (Fsp3) is 0.0769. The molecule has 66 heavy (non-hydrogen) atoms. The van der Waals surface area contributed by atoms with Crippen LogP contribution in [0.1, 0.15) is 69.8 Å². The molecular formula is C65H47N. The third-order valence-corrected chi connectivity index (χ3v) is 15.0. The highest BCUT2D eigenvalue weighted by molar-refractivity contribution is 6.10. The van der Waals surface area contributed by atoms with E-state index < -0.39 is 5.41 Å². The van der Waals surface area contributed by atoms with Crippen molar-refractivity contribution in [3.05, 3.63) is 293 Å². The van der Waals surface area contributed by atoms with Crippen LogP contribution in [0.25, 0.3) is 60.9 Å². The maximum atomic E-state index is 2.55. The van der Waals surface area contributed by atoms with Gasteiger partial charge in [-0.1, -0.05) is 226 Å². The van der Waals surface area contributed by atoms with Crippen molar-refractivity contribution in [1.82, 2.24) is 4.57 Å².